The molecule has 0 aromatic heterocycles. The Morgan fingerprint density at radius 2 is 1.38 bits per heavy atom. The van der Waals surface area contributed by atoms with Crippen LogP contribution in [-0.4, -0.2) is 56.5 Å². The number of hydrogen-bond acceptors (Lipinski definition) is 1. The smallest absolute Gasteiger partial charge is 0.122 e. The van der Waals surface area contributed by atoms with Gasteiger partial charge in [-0.1, -0.05) is 60.7 Å². The zero-order valence-corrected chi connectivity index (χ0v) is 12.4. The average Bonchev–Trinajstić information content (AvgIpc) is 2.29. The van der Waals surface area contributed by atoms with Crippen molar-refractivity contribution in [1.82, 2.24) is 0 Å². The van der Waals surface area contributed by atoms with Crippen LogP contribution in [0.1, 0.15) is 11.1 Å². The SMILES string of the molecule is Oc1ccccc1C=Cc1ccccc1.[K]. The molecule has 1 radical (unpaired) electrons. The minimum atomic E-state index is 0. The molecular weight excluding hydrogens is 223 g/mol. The van der Waals surface area contributed by atoms with E-state index in [0.29, 0.717) is 5.75 Å². The Balaban J connectivity index is 0.00000128. The fourth-order valence-electron chi connectivity index (χ4n) is 1.38. The van der Waals surface area contributed by atoms with Gasteiger partial charge in [0.1, 0.15) is 5.75 Å². The third kappa shape index (κ3) is 3.89. The molecule has 0 fully saturated rings. The van der Waals surface area contributed by atoms with Gasteiger partial charge < -0.3 is 5.11 Å². The first-order valence-electron chi connectivity index (χ1n) is 4.87. The molecule has 0 amide bonds. The molecule has 0 atom stereocenters. The summed E-state index contributed by atoms with van der Waals surface area (Å²) in [5.41, 5.74) is 1.96. The van der Waals surface area contributed by atoms with Gasteiger partial charge in [0, 0.05) is 56.9 Å². The maximum absolute atomic E-state index is 9.54. The van der Waals surface area contributed by atoms with Crippen molar-refractivity contribution in [2.24, 2.45) is 0 Å². The van der Waals surface area contributed by atoms with Gasteiger partial charge >= 0.3 is 0 Å². The molecule has 75 valence electrons. The van der Waals surface area contributed by atoms with Gasteiger partial charge in [0.2, 0.25) is 0 Å². The van der Waals surface area contributed by atoms with E-state index >= 15 is 0 Å². The summed E-state index contributed by atoms with van der Waals surface area (Å²) in [4.78, 5) is 0. The maximum atomic E-state index is 9.54. The molecule has 2 aromatic rings. The van der Waals surface area contributed by atoms with Crippen molar-refractivity contribution >= 4 is 63.5 Å². The summed E-state index contributed by atoms with van der Waals surface area (Å²) in [6.07, 6.45) is 3.89. The van der Waals surface area contributed by atoms with Crippen molar-refractivity contribution in [2.75, 3.05) is 0 Å². The van der Waals surface area contributed by atoms with Gasteiger partial charge in [-0.2, -0.15) is 0 Å². The first kappa shape index (κ1) is 13.7. The Morgan fingerprint density at radius 1 is 0.750 bits per heavy atom. The summed E-state index contributed by atoms with van der Waals surface area (Å²) in [6.45, 7) is 0. The quantitative estimate of drug-likeness (QED) is 0.626. The molecule has 0 saturated heterocycles. The van der Waals surface area contributed by atoms with Gasteiger partial charge in [-0.25, -0.2) is 0 Å². The number of aromatic hydroxyl groups is 1. The molecule has 16 heavy (non-hydrogen) atoms. The van der Waals surface area contributed by atoms with E-state index in [2.05, 4.69) is 0 Å². The molecule has 2 rings (SSSR count). The third-order valence-corrected chi connectivity index (χ3v) is 2.19. The van der Waals surface area contributed by atoms with Crippen LogP contribution in [0.2, 0.25) is 0 Å². The Kier molecular flexibility index (Phi) is 6.02. The molecule has 1 nitrogen and oxygen atoms in total. The van der Waals surface area contributed by atoms with E-state index in [-0.39, 0.29) is 51.4 Å². The van der Waals surface area contributed by atoms with E-state index in [9.17, 15) is 5.11 Å². The number of phenolic OH excluding ortho intramolecular Hbond substituents is 1. The fraction of sp³-hybridized carbons (Fsp3) is 0. The summed E-state index contributed by atoms with van der Waals surface area (Å²) < 4.78 is 0. The number of phenols is 1. The van der Waals surface area contributed by atoms with Gasteiger partial charge in [-0.3, -0.25) is 0 Å². The molecule has 0 aliphatic heterocycles. The number of para-hydroxylation sites is 1. The van der Waals surface area contributed by atoms with Crippen LogP contribution in [0, 0.1) is 0 Å². The van der Waals surface area contributed by atoms with Crippen LogP contribution >= 0.6 is 0 Å². The summed E-state index contributed by atoms with van der Waals surface area (Å²) in [7, 11) is 0. The monoisotopic (exact) mass is 235 g/mol. The van der Waals surface area contributed by atoms with Gasteiger partial charge in [-0.15, -0.1) is 0 Å². The van der Waals surface area contributed by atoms with Crippen LogP contribution in [0.4, 0.5) is 0 Å². The molecule has 2 heteroatoms. The molecule has 0 spiro atoms. The van der Waals surface area contributed by atoms with Gasteiger partial charge in [0.25, 0.3) is 0 Å². The van der Waals surface area contributed by atoms with Crippen LogP contribution in [0.3, 0.4) is 0 Å². The number of hydrogen-bond donors (Lipinski definition) is 1. The second-order valence-electron chi connectivity index (χ2n) is 3.30. The van der Waals surface area contributed by atoms with E-state index in [1.807, 2.05) is 60.7 Å². The van der Waals surface area contributed by atoms with E-state index in [4.69, 9.17) is 0 Å². The zero-order chi connectivity index (χ0) is 10.5. The first-order chi connectivity index (χ1) is 7.36. The normalized spacial score (nSPS) is 10.0. The van der Waals surface area contributed by atoms with Crippen LogP contribution in [0.5, 0.6) is 5.75 Å². The maximum Gasteiger partial charge on any atom is 0.122 e. The van der Waals surface area contributed by atoms with Crippen LogP contribution in [-0.2, 0) is 0 Å². The van der Waals surface area contributed by atoms with Crippen molar-refractivity contribution in [2.45, 2.75) is 0 Å². The third-order valence-electron chi connectivity index (χ3n) is 2.19. The predicted octanol–water partition coefficient (Wildman–Crippen LogP) is 3.18. The molecule has 0 aliphatic carbocycles. The van der Waals surface area contributed by atoms with Crippen LogP contribution in [0.15, 0.2) is 54.6 Å². The van der Waals surface area contributed by atoms with Crippen molar-refractivity contribution in [3.63, 3.8) is 0 Å². The van der Waals surface area contributed by atoms with E-state index in [0.717, 1.165) is 11.1 Å². The average molecular weight is 235 g/mol. The number of benzene rings is 2. The molecule has 1 N–H and O–H groups in total. The summed E-state index contributed by atoms with van der Waals surface area (Å²) in [5, 5.41) is 9.54. The topological polar surface area (TPSA) is 20.2 Å². The van der Waals surface area contributed by atoms with Crippen LogP contribution in [0.25, 0.3) is 12.2 Å². The fourth-order valence-corrected chi connectivity index (χ4v) is 1.38. The van der Waals surface area contributed by atoms with Gasteiger partial charge in [-0.05, 0) is 11.6 Å². The molecule has 0 bridgehead atoms. The standard InChI is InChI=1S/C14H12O.K/c15-14-9-5-4-8-13(14)11-10-12-6-2-1-3-7-12;/h1-11,15H;. The molecular formula is C14H12KO. The van der Waals surface area contributed by atoms with Crippen molar-refractivity contribution in [3.8, 4) is 5.75 Å². The largest absolute Gasteiger partial charge is 0.507 e. The predicted molar refractivity (Wildman–Crippen MR) is 69.2 cm³/mol. The van der Waals surface area contributed by atoms with Crippen molar-refractivity contribution in [3.05, 3.63) is 65.7 Å². The van der Waals surface area contributed by atoms with Gasteiger partial charge in [0.05, 0.1) is 0 Å². The van der Waals surface area contributed by atoms with Crippen LogP contribution < -0.4 is 0 Å². The minimum Gasteiger partial charge on any atom is -0.507 e. The molecule has 0 saturated carbocycles. The second-order valence-corrected chi connectivity index (χ2v) is 3.30. The number of rotatable bonds is 2. The molecule has 0 heterocycles. The Hall–Kier alpha value is -0.384. The molecule has 0 aliphatic rings. The summed E-state index contributed by atoms with van der Waals surface area (Å²) in [6, 6.07) is 17.3. The van der Waals surface area contributed by atoms with E-state index < -0.39 is 0 Å². The summed E-state index contributed by atoms with van der Waals surface area (Å²) >= 11 is 0. The summed E-state index contributed by atoms with van der Waals surface area (Å²) in [5.74, 6) is 0.310. The zero-order valence-electron chi connectivity index (χ0n) is 9.30. The van der Waals surface area contributed by atoms with Crippen molar-refractivity contribution < 1.29 is 5.11 Å². The van der Waals surface area contributed by atoms with Crippen molar-refractivity contribution in [1.29, 1.82) is 0 Å². The Bertz CT molecular complexity index is 463. The Morgan fingerprint density at radius 3 is 2.06 bits per heavy atom. The Labute approximate surface area is 138 Å². The van der Waals surface area contributed by atoms with Gasteiger partial charge in [0.15, 0.2) is 0 Å². The van der Waals surface area contributed by atoms with E-state index in [1.165, 1.54) is 0 Å². The molecule has 2 aromatic carbocycles. The minimum absolute atomic E-state index is 0. The molecule has 0 unspecified atom stereocenters. The second kappa shape index (κ2) is 7.04. The van der Waals surface area contributed by atoms with E-state index in [1.54, 1.807) is 6.07 Å². The first-order valence-corrected chi connectivity index (χ1v) is 4.87.